The van der Waals surface area contributed by atoms with Gasteiger partial charge in [-0.15, -0.1) is 0 Å². The topological polar surface area (TPSA) is 26.0 Å². The van der Waals surface area contributed by atoms with Crippen LogP contribution < -0.4 is 21.6 Å². The number of unbranched alkanes of at least 4 members (excludes halogenated alkanes) is 4. The van der Waals surface area contributed by atoms with Gasteiger partial charge in [-0.25, -0.2) is 0 Å². The van der Waals surface area contributed by atoms with E-state index in [2.05, 4.69) is 91.0 Å². The quantitative estimate of drug-likeness (QED) is 0.405. The van der Waals surface area contributed by atoms with Crippen LogP contribution in [-0.2, 0) is 0 Å². The van der Waals surface area contributed by atoms with Crippen molar-refractivity contribution in [2.45, 2.75) is 32.1 Å². The van der Waals surface area contributed by atoms with Crippen LogP contribution in [0.1, 0.15) is 32.1 Å². The third-order valence-electron chi connectivity index (χ3n) is 5.56. The number of benzene rings is 3. The standard InChI is InChI=1S/C25H32NP/c26-21-13-2-1-3-14-22-27(23-15-7-4-8-16-23,24-17-9-5-10-18-24)25-19-11-6-12-20-25/h4-12,15-20,27H,1-3,13-14,21-22,26H2. The second-order valence-electron chi connectivity index (χ2n) is 7.31. The molecule has 3 aromatic carbocycles. The molecule has 0 aliphatic rings. The summed E-state index contributed by atoms with van der Waals surface area (Å²) in [5.41, 5.74) is 5.65. The van der Waals surface area contributed by atoms with E-state index >= 15 is 0 Å². The molecule has 0 aliphatic heterocycles. The van der Waals surface area contributed by atoms with E-state index in [-0.39, 0.29) is 0 Å². The Bertz CT molecular complexity index is 675. The van der Waals surface area contributed by atoms with Crippen LogP contribution in [0, 0.1) is 0 Å². The molecule has 0 aliphatic carbocycles. The van der Waals surface area contributed by atoms with Gasteiger partial charge in [-0.3, -0.25) is 0 Å². The summed E-state index contributed by atoms with van der Waals surface area (Å²) < 4.78 is 0. The van der Waals surface area contributed by atoms with E-state index in [1.807, 2.05) is 0 Å². The van der Waals surface area contributed by atoms with Crippen molar-refractivity contribution in [1.82, 2.24) is 0 Å². The van der Waals surface area contributed by atoms with Gasteiger partial charge in [0.15, 0.2) is 0 Å². The molecule has 0 spiro atoms. The Hall–Kier alpha value is -1.95. The molecule has 1 nitrogen and oxygen atoms in total. The Kier molecular flexibility index (Phi) is 7.63. The van der Waals surface area contributed by atoms with Crippen molar-refractivity contribution < 1.29 is 0 Å². The van der Waals surface area contributed by atoms with Gasteiger partial charge in [0.25, 0.3) is 0 Å². The van der Waals surface area contributed by atoms with Crippen molar-refractivity contribution in [3.05, 3.63) is 91.0 Å². The molecule has 0 heterocycles. The molecule has 142 valence electrons. The summed E-state index contributed by atoms with van der Waals surface area (Å²) in [5, 5.41) is 4.55. The Morgan fingerprint density at radius 2 is 0.852 bits per heavy atom. The summed E-state index contributed by atoms with van der Waals surface area (Å²) in [4.78, 5) is 0. The third kappa shape index (κ3) is 4.86. The first kappa shape index (κ1) is 19.8. The number of hydrogen-bond acceptors (Lipinski definition) is 1. The van der Waals surface area contributed by atoms with Gasteiger partial charge >= 0.3 is 165 Å². The zero-order valence-electron chi connectivity index (χ0n) is 16.2. The summed E-state index contributed by atoms with van der Waals surface area (Å²) in [6, 6.07) is 33.7. The van der Waals surface area contributed by atoms with Crippen LogP contribution in [0.2, 0.25) is 0 Å². The van der Waals surface area contributed by atoms with Crippen LogP contribution in [0.15, 0.2) is 91.0 Å². The molecule has 0 saturated heterocycles. The summed E-state index contributed by atoms with van der Waals surface area (Å²) in [6.07, 6.45) is 7.52. The van der Waals surface area contributed by atoms with E-state index < -0.39 is 7.26 Å². The van der Waals surface area contributed by atoms with E-state index in [0.717, 1.165) is 13.0 Å². The minimum absolute atomic E-state index is 0.816. The molecule has 0 amide bonds. The van der Waals surface area contributed by atoms with E-state index in [1.165, 1.54) is 47.8 Å². The van der Waals surface area contributed by atoms with Gasteiger partial charge in [0.1, 0.15) is 0 Å². The molecule has 0 radical (unpaired) electrons. The molecule has 27 heavy (non-hydrogen) atoms. The van der Waals surface area contributed by atoms with Gasteiger partial charge in [-0.1, -0.05) is 0 Å². The van der Waals surface area contributed by atoms with Crippen LogP contribution >= 0.6 is 7.26 Å². The Morgan fingerprint density at radius 3 is 1.26 bits per heavy atom. The maximum atomic E-state index is 5.65. The van der Waals surface area contributed by atoms with Gasteiger partial charge in [0.2, 0.25) is 0 Å². The molecule has 0 aromatic heterocycles. The molecular weight excluding hydrogens is 345 g/mol. The van der Waals surface area contributed by atoms with E-state index in [0.29, 0.717) is 0 Å². The van der Waals surface area contributed by atoms with Crippen LogP contribution in [0.25, 0.3) is 0 Å². The zero-order chi connectivity index (χ0) is 18.8. The average Bonchev–Trinajstić information content (AvgIpc) is 2.75. The predicted molar refractivity (Wildman–Crippen MR) is 124 cm³/mol. The van der Waals surface area contributed by atoms with Crippen LogP contribution in [-0.4, -0.2) is 12.7 Å². The normalized spacial score (nSPS) is 12.0. The fourth-order valence-corrected chi connectivity index (χ4v) is 9.10. The van der Waals surface area contributed by atoms with Gasteiger partial charge in [-0.05, 0) is 0 Å². The van der Waals surface area contributed by atoms with E-state index in [1.54, 1.807) is 0 Å². The van der Waals surface area contributed by atoms with Crippen LogP contribution in [0.3, 0.4) is 0 Å². The number of rotatable bonds is 10. The van der Waals surface area contributed by atoms with Crippen LogP contribution in [0.5, 0.6) is 0 Å². The minimum atomic E-state index is -2.02. The van der Waals surface area contributed by atoms with Gasteiger partial charge in [-0.2, -0.15) is 0 Å². The molecule has 2 heteroatoms. The first-order valence-electron chi connectivity index (χ1n) is 10.2. The first-order valence-corrected chi connectivity index (χ1v) is 12.5. The van der Waals surface area contributed by atoms with Crippen LogP contribution in [0.4, 0.5) is 0 Å². The molecule has 3 aromatic rings. The SMILES string of the molecule is NCCCCCCC[PH](c1ccccc1)(c1ccccc1)c1ccccc1. The van der Waals surface area contributed by atoms with Gasteiger partial charge in [0, 0.05) is 0 Å². The molecule has 0 unspecified atom stereocenters. The van der Waals surface area contributed by atoms with Gasteiger partial charge in [0.05, 0.1) is 0 Å². The second-order valence-corrected chi connectivity index (χ2v) is 11.4. The molecule has 0 fully saturated rings. The summed E-state index contributed by atoms with van der Waals surface area (Å²) in [6.45, 7) is 0.816. The second kappa shape index (κ2) is 10.4. The zero-order valence-corrected chi connectivity index (χ0v) is 17.2. The van der Waals surface area contributed by atoms with Crippen molar-refractivity contribution in [3.8, 4) is 0 Å². The Morgan fingerprint density at radius 1 is 0.481 bits per heavy atom. The number of hydrogen-bond donors (Lipinski definition) is 1. The van der Waals surface area contributed by atoms with Crippen molar-refractivity contribution in [2.75, 3.05) is 12.7 Å². The summed E-state index contributed by atoms with van der Waals surface area (Å²) >= 11 is 0. The Balaban J connectivity index is 1.98. The average molecular weight is 378 g/mol. The van der Waals surface area contributed by atoms with E-state index in [9.17, 15) is 0 Å². The molecule has 0 bridgehead atoms. The number of nitrogens with two attached hydrogens (primary N) is 1. The third-order valence-corrected chi connectivity index (χ3v) is 10.6. The van der Waals surface area contributed by atoms with Crippen molar-refractivity contribution >= 4 is 23.2 Å². The maximum absolute atomic E-state index is 5.65. The van der Waals surface area contributed by atoms with E-state index in [4.69, 9.17) is 5.73 Å². The molecule has 2 N–H and O–H groups in total. The van der Waals surface area contributed by atoms with Crippen molar-refractivity contribution in [3.63, 3.8) is 0 Å². The fourth-order valence-electron chi connectivity index (χ4n) is 4.17. The first-order chi connectivity index (χ1) is 13.4. The Labute approximate surface area is 165 Å². The predicted octanol–water partition coefficient (Wildman–Crippen LogP) is 4.62. The summed E-state index contributed by atoms with van der Waals surface area (Å²) in [5.74, 6) is 0. The van der Waals surface area contributed by atoms with Gasteiger partial charge < -0.3 is 0 Å². The fraction of sp³-hybridized carbons (Fsp3) is 0.280. The summed E-state index contributed by atoms with van der Waals surface area (Å²) in [7, 11) is -2.02. The molecular formula is C25H32NP. The van der Waals surface area contributed by atoms with Crippen molar-refractivity contribution in [1.29, 1.82) is 0 Å². The van der Waals surface area contributed by atoms with Crippen molar-refractivity contribution in [2.24, 2.45) is 5.73 Å². The monoisotopic (exact) mass is 377 g/mol. The molecule has 3 rings (SSSR count). The molecule has 0 saturated carbocycles. The molecule has 0 atom stereocenters.